The Labute approximate surface area is 89.9 Å². The molecule has 5 N–H and O–H groups in total. The van der Waals surface area contributed by atoms with Crippen LogP contribution in [0.15, 0.2) is 12.7 Å². The van der Waals surface area contributed by atoms with Crippen LogP contribution in [0.4, 0.5) is 0 Å². The summed E-state index contributed by atoms with van der Waals surface area (Å²) in [5, 5.41) is 2.51. The van der Waals surface area contributed by atoms with Gasteiger partial charge in [-0.1, -0.05) is 19.9 Å². The Kier molecular flexibility index (Phi) is 5.62. The SMILES string of the molecule is C=CCC(N)C(=O)NC(C(N)=O)C(C)C. The lowest BCUT2D eigenvalue weighted by Crippen LogP contribution is -2.52. The molecule has 0 aromatic heterocycles. The van der Waals surface area contributed by atoms with Crippen molar-refractivity contribution in [1.29, 1.82) is 0 Å². The molecule has 2 atom stereocenters. The lowest BCUT2D eigenvalue weighted by molar-refractivity contribution is -0.129. The van der Waals surface area contributed by atoms with Crippen molar-refractivity contribution in [1.82, 2.24) is 5.32 Å². The molecule has 2 unspecified atom stereocenters. The number of amides is 2. The van der Waals surface area contributed by atoms with Crippen molar-refractivity contribution in [3.63, 3.8) is 0 Å². The normalized spacial score (nSPS) is 14.4. The molecule has 15 heavy (non-hydrogen) atoms. The maximum absolute atomic E-state index is 11.5. The molecule has 0 saturated heterocycles. The summed E-state index contributed by atoms with van der Waals surface area (Å²) in [6.07, 6.45) is 1.92. The summed E-state index contributed by atoms with van der Waals surface area (Å²) in [5.74, 6) is -0.987. The monoisotopic (exact) mass is 213 g/mol. The average molecular weight is 213 g/mol. The van der Waals surface area contributed by atoms with E-state index in [-0.39, 0.29) is 11.8 Å². The van der Waals surface area contributed by atoms with E-state index in [2.05, 4.69) is 11.9 Å². The lowest BCUT2D eigenvalue weighted by atomic mass is 10.0. The van der Waals surface area contributed by atoms with Crippen molar-refractivity contribution in [3.8, 4) is 0 Å². The van der Waals surface area contributed by atoms with E-state index >= 15 is 0 Å². The van der Waals surface area contributed by atoms with Gasteiger partial charge in [0.05, 0.1) is 6.04 Å². The molecule has 0 radical (unpaired) electrons. The molecular weight excluding hydrogens is 194 g/mol. The molecule has 2 amide bonds. The summed E-state index contributed by atoms with van der Waals surface area (Å²) >= 11 is 0. The highest BCUT2D eigenvalue weighted by atomic mass is 16.2. The van der Waals surface area contributed by atoms with Crippen LogP contribution >= 0.6 is 0 Å². The van der Waals surface area contributed by atoms with Crippen molar-refractivity contribution in [3.05, 3.63) is 12.7 Å². The van der Waals surface area contributed by atoms with Gasteiger partial charge >= 0.3 is 0 Å². The number of primary amides is 1. The molecule has 0 bridgehead atoms. The van der Waals surface area contributed by atoms with Crippen LogP contribution in [0.2, 0.25) is 0 Å². The smallest absolute Gasteiger partial charge is 0.240 e. The van der Waals surface area contributed by atoms with Crippen molar-refractivity contribution in [2.24, 2.45) is 17.4 Å². The fourth-order valence-electron chi connectivity index (χ4n) is 1.11. The van der Waals surface area contributed by atoms with Crippen molar-refractivity contribution in [2.45, 2.75) is 32.4 Å². The topological polar surface area (TPSA) is 98.2 Å². The minimum Gasteiger partial charge on any atom is -0.368 e. The molecule has 86 valence electrons. The van der Waals surface area contributed by atoms with Gasteiger partial charge in [0.2, 0.25) is 11.8 Å². The van der Waals surface area contributed by atoms with Crippen LogP contribution in [0.5, 0.6) is 0 Å². The number of carbonyl (C=O) groups excluding carboxylic acids is 2. The Bertz CT molecular complexity index is 251. The third-order valence-electron chi connectivity index (χ3n) is 2.03. The summed E-state index contributed by atoms with van der Waals surface area (Å²) < 4.78 is 0. The minimum absolute atomic E-state index is 0.0534. The Balaban J connectivity index is 4.35. The quantitative estimate of drug-likeness (QED) is 0.519. The molecule has 0 aromatic rings. The Morgan fingerprint density at radius 1 is 1.47 bits per heavy atom. The number of carbonyl (C=O) groups is 2. The summed E-state index contributed by atoms with van der Waals surface area (Å²) in [5.41, 5.74) is 10.7. The number of rotatable bonds is 6. The van der Waals surface area contributed by atoms with Gasteiger partial charge in [0.25, 0.3) is 0 Å². The largest absolute Gasteiger partial charge is 0.368 e. The highest BCUT2D eigenvalue weighted by molar-refractivity contribution is 5.89. The third kappa shape index (κ3) is 4.60. The Morgan fingerprint density at radius 3 is 2.33 bits per heavy atom. The molecule has 0 fully saturated rings. The van der Waals surface area contributed by atoms with Crippen LogP contribution < -0.4 is 16.8 Å². The number of hydrogen-bond donors (Lipinski definition) is 3. The first kappa shape index (κ1) is 13.6. The summed E-state index contributed by atoms with van der Waals surface area (Å²) in [7, 11) is 0. The molecule has 0 rings (SSSR count). The van der Waals surface area contributed by atoms with E-state index < -0.39 is 18.0 Å². The highest BCUT2D eigenvalue weighted by Gasteiger charge is 2.23. The van der Waals surface area contributed by atoms with Gasteiger partial charge in [-0.3, -0.25) is 9.59 Å². The van der Waals surface area contributed by atoms with Gasteiger partial charge in [0, 0.05) is 0 Å². The average Bonchev–Trinajstić information content (AvgIpc) is 2.12. The second-order valence-corrected chi connectivity index (χ2v) is 3.76. The third-order valence-corrected chi connectivity index (χ3v) is 2.03. The predicted molar refractivity (Wildman–Crippen MR) is 58.8 cm³/mol. The van der Waals surface area contributed by atoms with Crippen LogP contribution in [0.3, 0.4) is 0 Å². The molecule has 5 nitrogen and oxygen atoms in total. The van der Waals surface area contributed by atoms with Gasteiger partial charge in [-0.05, 0) is 12.3 Å². The standard InChI is InChI=1S/C10H19N3O2/c1-4-5-7(11)10(15)13-8(6(2)3)9(12)14/h4,6-8H,1,5,11H2,2-3H3,(H2,12,14)(H,13,15). The van der Waals surface area contributed by atoms with Crippen LogP contribution in [-0.4, -0.2) is 23.9 Å². The molecule has 0 aliphatic rings. The van der Waals surface area contributed by atoms with E-state index in [4.69, 9.17) is 11.5 Å². The first-order valence-electron chi connectivity index (χ1n) is 4.86. The summed E-state index contributed by atoms with van der Waals surface area (Å²) in [6.45, 7) is 7.08. The van der Waals surface area contributed by atoms with Gasteiger partial charge in [-0.2, -0.15) is 0 Å². The van der Waals surface area contributed by atoms with E-state index in [0.29, 0.717) is 6.42 Å². The molecular formula is C10H19N3O2. The lowest BCUT2D eigenvalue weighted by Gasteiger charge is -2.20. The van der Waals surface area contributed by atoms with Gasteiger partial charge in [0.15, 0.2) is 0 Å². The number of nitrogens with one attached hydrogen (secondary N) is 1. The van der Waals surface area contributed by atoms with Gasteiger partial charge in [-0.25, -0.2) is 0 Å². The zero-order valence-electron chi connectivity index (χ0n) is 9.19. The number of nitrogens with two attached hydrogens (primary N) is 2. The second-order valence-electron chi connectivity index (χ2n) is 3.76. The summed E-state index contributed by atoms with van der Waals surface area (Å²) in [4.78, 5) is 22.5. The Hall–Kier alpha value is -1.36. The molecule has 0 saturated carbocycles. The predicted octanol–water partition coefficient (Wildman–Crippen LogP) is -0.484. The maximum Gasteiger partial charge on any atom is 0.240 e. The van der Waals surface area contributed by atoms with Crippen LogP contribution in [-0.2, 0) is 9.59 Å². The zero-order valence-corrected chi connectivity index (χ0v) is 9.19. The fraction of sp³-hybridized carbons (Fsp3) is 0.600. The zero-order chi connectivity index (χ0) is 12.0. The van der Waals surface area contributed by atoms with Crippen molar-refractivity contribution >= 4 is 11.8 Å². The van der Waals surface area contributed by atoms with E-state index in [1.165, 1.54) is 0 Å². The molecule has 5 heteroatoms. The van der Waals surface area contributed by atoms with Crippen LogP contribution in [0, 0.1) is 5.92 Å². The van der Waals surface area contributed by atoms with Crippen LogP contribution in [0.1, 0.15) is 20.3 Å². The number of hydrogen-bond acceptors (Lipinski definition) is 3. The van der Waals surface area contributed by atoms with Crippen molar-refractivity contribution < 1.29 is 9.59 Å². The fourth-order valence-corrected chi connectivity index (χ4v) is 1.11. The molecule has 0 heterocycles. The van der Waals surface area contributed by atoms with Gasteiger partial charge in [-0.15, -0.1) is 6.58 Å². The van der Waals surface area contributed by atoms with E-state index in [0.717, 1.165) is 0 Å². The van der Waals surface area contributed by atoms with E-state index in [9.17, 15) is 9.59 Å². The van der Waals surface area contributed by atoms with Gasteiger partial charge < -0.3 is 16.8 Å². The van der Waals surface area contributed by atoms with Gasteiger partial charge in [0.1, 0.15) is 6.04 Å². The minimum atomic E-state index is -0.678. The molecule has 0 aliphatic carbocycles. The highest BCUT2D eigenvalue weighted by Crippen LogP contribution is 2.01. The first-order chi connectivity index (χ1) is 6.90. The second kappa shape index (κ2) is 6.19. The summed E-state index contributed by atoms with van der Waals surface area (Å²) in [6, 6.07) is -1.35. The van der Waals surface area contributed by atoms with Crippen LogP contribution in [0.25, 0.3) is 0 Å². The van der Waals surface area contributed by atoms with E-state index in [1.807, 2.05) is 0 Å². The van der Waals surface area contributed by atoms with E-state index in [1.54, 1.807) is 19.9 Å². The molecule has 0 spiro atoms. The molecule has 0 aromatic carbocycles. The Morgan fingerprint density at radius 2 is 2.00 bits per heavy atom. The molecule has 0 aliphatic heterocycles. The van der Waals surface area contributed by atoms with Crippen molar-refractivity contribution in [2.75, 3.05) is 0 Å². The first-order valence-corrected chi connectivity index (χ1v) is 4.86. The maximum atomic E-state index is 11.5.